The van der Waals surface area contributed by atoms with Crippen LogP contribution in [0.5, 0.6) is 0 Å². The first-order valence-electron chi connectivity index (χ1n) is 8.96. The fraction of sp³-hybridized carbons (Fsp3) is 0.500. The zero-order valence-electron chi connectivity index (χ0n) is 16.0. The zero-order chi connectivity index (χ0) is 20.8. The van der Waals surface area contributed by atoms with E-state index in [1.165, 1.54) is 22.7 Å². The fourth-order valence-corrected chi connectivity index (χ4v) is 3.91. The molecule has 1 aliphatic rings. The maximum absolute atomic E-state index is 12.4. The predicted molar refractivity (Wildman–Crippen MR) is 108 cm³/mol. The van der Waals surface area contributed by atoms with Crippen molar-refractivity contribution in [3.8, 4) is 0 Å². The van der Waals surface area contributed by atoms with E-state index in [9.17, 15) is 14.4 Å². The monoisotopic (exact) mass is 439 g/mol. The summed E-state index contributed by atoms with van der Waals surface area (Å²) in [7, 11) is 0. The van der Waals surface area contributed by atoms with Crippen LogP contribution in [-0.4, -0.2) is 75.8 Å². The van der Waals surface area contributed by atoms with Gasteiger partial charge in [-0.3, -0.25) is 10.1 Å². The van der Waals surface area contributed by atoms with E-state index in [0.717, 1.165) is 5.01 Å². The summed E-state index contributed by atoms with van der Waals surface area (Å²) in [5.74, 6) is -0.251. The molecule has 0 aliphatic carbocycles. The lowest BCUT2D eigenvalue weighted by atomic mass is 10.3. The molecule has 29 heavy (non-hydrogen) atoms. The number of nitrogens with zero attached hydrogens (tertiary/aromatic N) is 5. The minimum Gasteiger partial charge on any atom is -0.450 e. The van der Waals surface area contributed by atoms with Gasteiger partial charge < -0.3 is 19.9 Å². The Morgan fingerprint density at radius 3 is 2.48 bits per heavy atom. The topological polar surface area (TPSA) is 130 Å². The van der Waals surface area contributed by atoms with Gasteiger partial charge in [-0.2, -0.15) is 0 Å². The Hall–Kier alpha value is -2.80. The van der Waals surface area contributed by atoms with Crippen molar-refractivity contribution in [2.45, 2.75) is 20.3 Å². The Labute approximate surface area is 175 Å². The second-order valence-corrected chi connectivity index (χ2v) is 8.14. The molecule has 1 fully saturated rings. The van der Waals surface area contributed by atoms with Gasteiger partial charge in [0.1, 0.15) is 5.01 Å². The number of rotatable bonds is 5. The third-order valence-corrected chi connectivity index (χ3v) is 5.53. The van der Waals surface area contributed by atoms with Gasteiger partial charge in [0.05, 0.1) is 18.7 Å². The van der Waals surface area contributed by atoms with Crippen molar-refractivity contribution >= 4 is 51.0 Å². The van der Waals surface area contributed by atoms with E-state index in [2.05, 4.69) is 25.8 Å². The van der Waals surface area contributed by atoms with Crippen molar-refractivity contribution in [1.29, 1.82) is 0 Å². The average molecular weight is 440 g/mol. The Morgan fingerprint density at radius 2 is 1.83 bits per heavy atom. The quantitative estimate of drug-likeness (QED) is 0.726. The van der Waals surface area contributed by atoms with Gasteiger partial charge in [-0.15, -0.1) is 21.5 Å². The summed E-state index contributed by atoms with van der Waals surface area (Å²) >= 11 is 2.54. The maximum Gasteiger partial charge on any atom is 0.409 e. The fourth-order valence-electron chi connectivity index (χ4n) is 2.60. The molecule has 1 saturated heterocycles. The van der Waals surface area contributed by atoms with Crippen LogP contribution >= 0.6 is 22.7 Å². The molecule has 2 aromatic rings. The van der Waals surface area contributed by atoms with Crippen LogP contribution in [0.25, 0.3) is 0 Å². The number of ether oxygens (including phenoxy) is 1. The lowest BCUT2D eigenvalue weighted by Crippen LogP contribution is -2.51. The minimum atomic E-state index is -0.362. The number of hydrogen-bond donors (Lipinski definition) is 2. The van der Waals surface area contributed by atoms with Gasteiger partial charge in [-0.05, 0) is 13.8 Å². The van der Waals surface area contributed by atoms with Crippen molar-refractivity contribution in [1.82, 2.24) is 25.0 Å². The molecule has 0 unspecified atom stereocenters. The predicted octanol–water partition coefficient (Wildman–Crippen LogP) is 1.79. The van der Waals surface area contributed by atoms with Gasteiger partial charge in [0.15, 0.2) is 5.13 Å². The Balaban J connectivity index is 1.45. The normalized spacial score (nSPS) is 13.9. The summed E-state index contributed by atoms with van der Waals surface area (Å²) in [5, 5.41) is 16.4. The van der Waals surface area contributed by atoms with Gasteiger partial charge in [-0.25, -0.2) is 14.6 Å². The molecule has 0 spiro atoms. The number of hydrogen-bond acceptors (Lipinski definition) is 9. The third kappa shape index (κ3) is 5.84. The molecule has 3 rings (SSSR count). The smallest absolute Gasteiger partial charge is 0.409 e. The third-order valence-electron chi connectivity index (χ3n) is 3.97. The molecule has 11 nitrogen and oxygen atoms in total. The van der Waals surface area contributed by atoms with Crippen LogP contribution < -0.4 is 10.6 Å². The second kappa shape index (κ2) is 9.60. The highest BCUT2D eigenvalue weighted by Crippen LogP contribution is 2.18. The van der Waals surface area contributed by atoms with Crippen LogP contribution in [-0.2, 0) is 16.0 Å². The summed E-state index contributed by atoms with van der Waals surface area (Å²) in [6.07, 6.45) is -0.289. The number of piperazine rings is 1. The van der Waals surface area contributed by atoms with E-state index < -0.39 is 0 Å². The highest BCUT2D eigenvalue weighted by atomic mass is 32.1. The van der Waals surface area contributed by atoms with Gasteiger partial charge in [0, 0.05) is 31.6 Å². The highest BCUT2D eigenvalue weighted by Gasteiger charge is 2.25. The summed E-state index contributed by atoms with van der Waals surface area (Å²) in [5.41, 5.74) is 0.552. The van der Waals surface area contributed by atoms with Crippen molar-refractivity contribution in [2.24, 2.45) is 0 Å². The molecule has 2 aromatic heterocycles. The number of carbonyl (C=O) groups excluding carboxylic acids is 3. The van der Waals surface area contributed by atoms with Crippen LogP contribution in [0, 0.1) is 6.92 Å². The average Bonchev–Trinajstić information content (AvgIpc) is 3.30. The number of amides is 4. The molecule has 0 bridgehead atoms. The SMILES string of the molecule is CCOC(=O)N1CCN(C(=O)Nc2nc(CC(=O)Nc3nnc(C)s3)cs2)CC1. The Morgan fingerprint density at radius 1 is 1.10 bits per heavy atom. The summed E-state index contributed by atoms with van der Waals surface area (Å²) < 4.78 is 4.97. The van der Waals surface area contributed by atoms with Crippen LogP contribution in [0.4, 0.5) is 19.9 Å². The Bertz CT molecular complexity index is 876. The number of thiazole rings is 1. The standard InChI is InChI=1S/C16H21N7O4S2/c1-3-27-16(26)23-6-4-22(5-7-23)15(25)19-13-17-11(9-28-13)8-12(24)18-14-21-20-10(2)29-14/h9H,3-8H2,1-2H3,(H,17,19,25)(H,18,21,24). The van der Waals surface area contributed by atoms with Crippen LogP contribution in [0.2, 0.25) is 0 Å². The maximum atomic E-state index is 12.4. The zero-order valence-corrected chi connectivity index (χ0v) is 17.6. The first kappa shape index (κ1) is 20.9. The second-order valence-electron chi connectivity index (χ2n) is 6.10. The van der Waals surface area contributed by atoms with E-state index in [4.69, 9.17) is 4.74 Å². The molecular formula is C16H21N7O4S2. The highest BCUT2D eigenvalue weighted by molar-refractivity contribution is 7.15. The molecule has 0 atom stereocenters. The van der Waals surface area contributed by atoms with Crippen LogP contribution in [0.1, 0.15) is 17.6 Å². The largest absolute Gasteiger partial charge is 0.450 e. The minimum absolute atomic E-state index is 0.0726. The lowest BCUT2D eigenvalue weighted by molar-refractivity contribution is -0.115. The molecule has 156 valence electrons. The molecule has 0 radical (unpaired) electrons. The molecular weight excluding hydrogens is 418 g/mol. The number of anilines is 2. The number of aromatic nitrogens is 3. The number of nitrogens with one attached hydrogen (secondary N) is 2. The molecule has 1 aliphatic heterocycles. The van der Waals surface area contributed by atoms with E-state index in [0.29, 0.717) is 48.7 Å². The lowest BCUT2D eigenvalue weighted by Gasteiger charge is -2.33. The van der Waals surface area contributed by atoms with Crippen LogP contribution in [0.3, 0.4) is 0 Å². The number of carbonyl (C=O) groups is 3. The van der Waals surface area contributed by atoms with Crippen molar-refractivity contribution < 1.29 is 19.1 Å². The number of aryl methyl sites for hydroxylation is 1. The van der Waals surface area contributed by atoms with E-state index in [1.54, 1.807) is 29.0 Å². The first-order valence-corrected chi connectivity index (χ1v) is 10.7. The van der Waals surface area contributed by atoms with E-state index in [1.807, 2.05) is 0 Å². The summed E-state index contributed by atoms with van der Waals surface area (Å²) in [4.78, 5) is 43.6. The van der Waals surface area contributed by atoms with Gasteiger partial charge in [0.2, 0.25) is 11.0 Å². The molecule has 13 heteroatoms. The van der Waals surface area contributed by atoms with Crippen molar-refractivity contribution in [3.63, 3.8) is 0 Å². The molecule has 4 amide bonds. The first-order chi connectivity index (χ1) is 13.9. The number of urea groups is 1. The molecule has 3 heterocycles. The molecule has 0 aromatic carbocycles. The van der Waals surface area contributed by atoms with Gasteiger partial charge >= 0.3 is 12.1 Å². The molecule has 2 N–H and O–H groups in total. The summed E-state index contributed by atoms with van der Waals surface area (Å²) in [6.45, 7) is 5.54. The van der Waals surface area contributed by atoms with Crippen molar-refractivity contribution in [2.75, 3.05) is 43.4 Å². The van der Waals surface area contributed by atoms with Crippen molar-refractivity contribution in [3.05, 3.63) is 16.1 Å². The van der Waals surface area contributed by atoms with E-state index >= 15 is 0 Å². The molecule has 0 saturated carbocycles. The van der Waals surface area contributed by atoms with Crippen LogP contribution in [0.15, 0.2) is 5.38 Å². The van der Waals surface area contributed by atoms with Gasteiger partial charge in [0.25, 0.3) is 0 Å². The summed E-state index contributed by atoms with van der Waals surface area (Å²) in [6, 6.07) is -0.289. The van der Waals surface area contributed by atoms with E-state index in [-0.39, 0.29) is 24.5 Å². The van der Waals surface area contributed by atoms with Gasteiger partial charge in [-0.1, -0.05) is 11.3 Å². The Kier molecular flexibility index (Phi) is 6.93.